The molecule has 2 heterocycles. The number of nitrogens with zero attached hydrogens (tertiary/aromatic N) is 3. The number of hydrogen-bond acceptors (Lipinski definition) is 2. The second-order valence-corrected chi connectivity index (χ2v) is 5.27. The van der Waals surface area contributed by atoms with Crippen LogP contribution in [0, 0.1) is 0 Å². The number of rotatable bonds is 4. The molecule has 0 aliphatic carbocycles. The maximum absolute atomic E-state index is 5.93. The first-order valence-corrected chi connectivity index (χ1v) is 7.20. The van der Waals surface area contributed by atoms with Crippen molar-refractivity contribution in [3.8, 4) is 0 Å². The van der Waals surface area contributed by atoms with Crippen LogP contribution in [-0.4, -0.2) is 14.5 Å². The summed E-state index contributed by atoms with van der Waals surface area (Å²) in [5.74, 6) is 1.06. The van der Waals surface area contributed by atoms with Crippen molar-refractivity contribution in [2.24, 2.45) is 0 Å². The summed E-state index contributed by atoms with van der Waals surface area (Å²) in [4.78, 5) is 9.17. The van der Waals surface area contributed by atoms with Gasteiger partial charge < -0.3 is 4.57 Å². The van der Waals surface area contributed by atoms with E-state index in [0.29, 0.717) is 0 Å². The molecule has 0 aliphatic heterocycles. The van der Waals surface area contributed by atoms with E-state index in [1.165, 1.54) is 5.56 Å². The summed E-state index contributed by atoms with van der Waals surface area (Å²) in [5.41, 5.74) is 3.14. The van der Waals surface area contributed by atoms with Crippen molar-refractivity contribution in [3.63, 3.8) is 0 Å². The molecular formula is C16H16ClN3. The van der Waals surface area contributed by atoms with Gasteiger partial charge in [-0.05, 0) is 36.2 Å². The predicted molar refractivity (Wildman–Crippen MR) is 82.1 cm³/mol. The van der Waals surface area contributed by atoms with Gasteiger partial charge >= 0.3 is 0 Å². The summed E-state index contributed by atoms with van der Waals surface area (Å²) < 4.78 is 2.21. The van der Waals surface area contributed by atoms with Gasteiger partial charge in [-0.25, -0.2) is 9.97 Å². The first-order valence-electron chi connectivity index (χ1n) is 6.82. The maximum Gasteiger partial charge on any atom is 0.159 e. The monoisotopic (exact) mass is 285 g/mol. The Morgan fingerprint density at radius 2 is 1.95 bits per heavy atom. The van der Waals surface area contributed by atoms with Gasteiger partial charge in [-0.3, -0.25) is 0 Å². The molecule has 0 bridgehead atoms. The van der Waals surface area contributed by atoms with Gasteiger partial charge in [-0.2, -0.15) is 0 Å². The zero-order chi connectivity index (χ0) is 13.9. The Hall–Kier alpha value is -1.87. The molecule has 0 saturated carbocycles. The fourth-order valence-electron chi connectivity index (χ4n) is 2.38. The molecule has 0 radical (unpaired) electrons. The van der Waals surface area contributed by atoms with E-state index in [0.717, 1.165) is 41.4 Å². The number of halogens is 1. The molecule has 3 aromatic rings. The lowest BCUT2D eigenvalue weighted by Gasteiger charge is -2.07. The topological polar surface area (TPSA) is 30.7 Å². The summed E-state index contributed by atoms with van der Waals surface area (Å²) in [5, 5.41) is 0.762. The van der Waals surface area contributed by atoms with Gasteiger partial charge in [0.05, 0.1) is 0 Å². The lowest BCUT2D eigenvalue weighted by molar-refractivity contribution is 0.659. The van der Waals surface area contributed by atoms with Gasteiger partial charge in [0.25, 0.3) is 0 Å². The Labute approximate surface area is 123 Å². The normalized spacial score (nSPS) is 11.1. The first-order chi connectivity index (χ1) is 9.78. The maximum atomic E-state index is 5.93. The van der Waals surface area contributed by atoms with E-state index < -0.39 is 0 Å². The van der Waals surface area contributed by atoms with Crippen molar-refractivity contribution in [3.05, 3.63) is 59.0 Å². The molecular weight excluding hydrogens is 270 g/mol. The average molecular weight is 286 g/mol. The number of benzene rings is 1. The van der Waals surface area contributed by atoms with Crippen LogP contribution in [0.15, 0.2) is 42.6 Å². The highest BCUT2D eigenvalue weighted by Gasteiger charge is 2.11. The van der Waals surface area contributed by atoms with Crippen molar-refractivity contribution in [1.29, 1.82) is 0 Å². The zero-order valence-corrected chi connectivity index (χ0v) is 12.1. The van der Waals surface area contributed by atoms with Crippen molar-refractivity contribution in [2.45, 2.75) is 26.3 Å². The molecule has 0 atom stereocenters. The molecule has 3 rings (SSSR count). The van der Waals surface area contributed by atoms with Crippen LogP contribution < -0.4 is 0 Å². The van der Waals surface area contributed by atoms with E-state index >= 15 is 0 Å². The average Bonchev–Trinajstić information content (AvgIpc) is 2.80. The summed E-state index contributed by atoms with van der Waals surface area (Å²) >= 11 is 5.93. The molecule has 0 saturated heterocycles. The molecule has 0 unspecified atom stereocenters. The zero-order valence-electron chi connectivity index (χ0n) is 11.4. The minimum Gasteiger partial charge on any atom is -0.312 e. The molecule has 0 N–H and O–H groups in total. The van der Waals surface area contributed by atoms with E-state index in [9.17, 15) is 0 Å². The van der Waals surface area contributed by atoms with Crippen LogP contribution in [-0.2, 0) is 13.0 Å². The Balaban J connectivity index is 2.01. The second kappa shape index (κ2) is 5.63. The molecule has 0 fully saturated rings. The van der Waals surface area contributed by atoms with Crippen LogP contribution in [0.1, 0.15) is 24.7 Å². The SMILES string of the molecule is CCCn1c(Cc2ccc(Cl)cc2)nc2cccnc21. The summed E-state index contributed by atoms with van der Waals surface area (Å²) in [7, 11) is 0. The van der Waals surface area contributed by atoms with E-state index in [1.807, 2.05) is 42.6 Å². The van der Waals surface area contributed by atoms with Crippen LogP contribution in [0.3, 0.4) is 0 Å². The first kappa shape index (κ1) is 13.1. The van der Waals surface area contributed by atoms with Gasteiger partial charge in [-0.1, -0.05) is 30.7 Å². The summed E-state index contributed by atoms with van der Waals surface area (Å²) in [6.45, 7) is 3.11. The summed E-state index contributed by atoms with van der Waals surface area (Å²) in [6.07, 6.45) is 3.69. The molecule has 20 heavy (non-hydrogen) atoms. The number of pyridine rings is 1. The second-order valence-electron chi connectivity index (χ2n) is 4.83. The van der Waals surface area contributed by atoms with Crippen LogP contribution in [0.25, 0.3) is 11.2 Å². The van der Waals surface area contributed by atoms with Gasteiger partial charge in [0, 0.05) is 24.2 Å². The lowest BCUT2D eigenvalue weighted by atomic mass is 10.1. The van der Waals surface area contributed by atoms with Crippen molar-refractivity contribution < 1.29 is 0 Å². The lowest BCUT2D eigenvalue weighted by Crippen LogP contribution is -2.04. The Bertz CT molecular complexity index is 716. The van der Waals surface area contributed by atoms with Crippen LogP contribution >= 0.6 is 11.6 Å². The standard InChI is InChI=1S/C16H16ClN3/c1-2-10-20-15(11-12-5-7-13(17)8-6-12)19-14-4-3-9-18-16(14)20/h3-9H,2,10-11H2,1H3. The van der Waals surface area contributed by atoms with E-state index in [4.69, 9.17) is 16.6 Å². The molecule has 4 heteroatoms. The van der Waals surface area contributed by atoms with Crippen LogP contribution in [0.2, 0.25) is 5.02 Å². The smallest absolute Gasteiger partial charge is 0.159 e. The molecule has 3 nitrogen and oxygen atoms in total. The predicted octanol–water partition coefficient (Wildman–Crippen LogP) is 4.09. The van der Waals surface area contributed by atoms with E-state index in [2.05, 4.69) is 16.5 Å². The molecule has 1 aromatic carbocycles. The third-order valence-electron chi connectivity index (χ3n) is 3.31. The van der Waals surface area contributed by atoms with Gasteiger partial charge in [0.2, 0.25) is 0 Å². The molecule has 0 aliphatic rings. The summed E-state index contributed by atoms with van der Waals surface area (Å²) in [6, 6.07) is 11.9. The number of hydrogen-bond donors (Lipinski definition) is 0. The van der Waals surface area contributed by atoms with Crippen molar-refractivity contribution in [1.82, 2.24) is 14.5 Å². The molecule has 0 amide bonds. The molecule has 2 aromatic heterocycles. The van der Waals surface area contributed by atoms with E-state index in [1.54, 1.807) is 0 Å². The number of fused-ring (bicyclic) bond motifs is 1. The highest BCUT2D eigenvalue weighted by Crippen LogP contribution is 2.18. The Morgan fingerprint density at radius 1 is 1.15 bits per heavy atom. The van der Waals surface area contributed by atoms with E-state index in [-0.39, 0.29) is 0 Å². The highest BCUT2D eigenvalue weighted by atomic mass is 35.5. The van der Waals surface area contributed by atoms with Crippen LogP contribution in [0.5, 0.6) is 0 Å². The van der Waals surface area contributed by atoms with Gasteiger partial charge in [0.15, 0.2) is 5.65 Å². The number of imidazole rings is 1. The Morgan fingerprint density at radius 3 is 2.70 bits per heavy atom. The third kappa shape index (κ3) is 2.54. The fraction of sp³-hybridized carbons (Fsp3) is 0.250. The minimum absolute atomic E-state index is 0.762. The van der Waals surface area contributed by atoms with Gasteiger partial charge in [0.1, 0.15) is 11.3 Å². The quantitative estimate of drug-likeness (QED) is 0.723. The molecule has 102 valence electrons. The van der Waals surface area contributed by atoms with Crippen molar-refractivity contribution in [2.75, 3.05) is 0 Å². The largest absolute Gasteiger partial charge is 0.312 e. The van der Waals surface area contributed by atoms with Crippen molar-refractivity contribution >= 4 is 22.8 Å². The number of aryl methyl sites for hydroxylation is 1. The highest BCUT2D eigenvalue weighted by molar-refractivity contribution is 6.30. The third-order valence-corrected chi connectivity index (χ3v) is 3.56. The Kier molecular flexibility index (Phi) is 3.70. The van der Waals surface area contributed by atoms with Crippen LogP contribution in [0.4, 0.5) is 0 Å². The number of aromatic nitrogens is 3. The van der Waals surface area contributed by atoms with Gasteiger partial charge in [-0.15, -0.1) is 0 Å². The fourth-order valence-corrected chi connectivity index (χ4v) is 2.51. The molecule has 0 spiro atoms. The minimum atomic E-state index is 0.762.